The molecule has 3 aromatic rings. The summed E-state index contributed by atoms with van der Waals surface area (Å²) in [4.78, 5) is 16.8. The second kappa shape index (κ2) is 15.2. The predicted octanol–water partition coefficient (Wildman–Crippen LogP) is 3.17. The van der Waals surface area contributed by atoms with Gasteiger partial charge in [-0.25, -0.2) is 14.1 Å². The molecule has 0 aliphatic rings. The van der Waals surface area contributed by atoms with Crippen molar-refractivity contribution in [2.24, 2.45) is 5.92 Å². The number of nitrogens with zero attached hydrogens (tertiary/aromatic N) is 4. The average Bonchev–Trinajstić information content (AvgIpc) is 3.46. The quantitative estimate of drug-likeness (QED) is 0.127. The molecule has 3 rings (SSSR count). The van der Waals surface area contributed by atoms with Gasteiger partial charge in [0.05, 0.1) is 12.3 Å². The molecule has 15 heteroatoms. The number of hydrogen-bond acceptors (Lipinski definition) is 12. The van der Waals surface area contributed by atoms with Crippen molar-refractivity contribution in [3.8, 4) is 11.8 Å². The lowest BCUT2D eigenvalue weighted by Crippen LogP contribution is -2.50. The molecular weight excluding hydrogens is 579 g/mol. The van der Waals surface area contributed by atoms with Crippen LogP contribution < -0.4 is 15.3 Å². The Balaban J connectivity index is 1.87. The lowest BCUT2D eigenvalue weighted by Gasteiger charge is -2.34. The van der Waals surface area contributed by atoms with Gasteiger partial charge in [-0.1, -0.05) is 51.8 Å². The number of aromatic nitrogens is 3. The van der Waals surface area contributed by atoms with E-state index in [-0.39, 0.29) is 36.2 Å². The maximum absolute atomic E-state index is 14.1. The zero-order valence-electron chi connectivity index (χ0n) is 24.6. The number of fused-ring (bicyclic) bond motifs is 1. The van der Waals surface area contributed by atoms with Crippen LogP contribution in [-0.4, -0.2) is 68.9 Å². The standard InChI is InChI=1S/C28H39N6O8P/c1-5-19(6-2)15-40-27(37)21(7-3)33-43(38,42-20-11-9-8-10-12-20)41-17-28(16-29,39-4)25(36)24(35)22-13-14-23-26(30)31-18-32-34(22)23/h8-14,18-19,21,24-25,35-36H,5-7,15,17H2,1-4H3,(H,33,38)(H2,30,31,32)/t21-,24-,25-,28+,43?/m0/s1. The van der Waals surface area contributed by atoms with Crippen LogP contribution in [0.25, 0.3) is 5.52 Å². The minimum Gasteiger partial charge on any atom is -0.464 e. The Morgan fingerprint density at radius 2 is 1.86 bits per heavy atom. The number of aliphatic hydroxyl groups is 2. The number of nitriles is 1. The van der Waals surface area contributed by atoms with Crippen molar-refractivity contribution >= 4 is 25.1 Å². The Labute approximate surface area is 250 Å². The number of hydrogen-bond donors (Lipinski definition) is 4. The molecule has 0 spiro atoms. The smallest absolute Gasteiger partial charge is 0.459 e. The number of benzene rings is 1. The largest absolute Gasteiger partial charge is 0.464 e. The summed E-state index contributed by atoms with van der Waals surface area (Å²) in [7, 11) is -3.32. The van der Waals surface area contributed by atoms with E-state index in [2.05, 4.69) is 15.2 Å². The van der Waals surface area contributed by atoms with Crippen LogP contribution in [0.2, 0.25) is 0 Å². The molecule has 5 N–H and O–H groups in total. The molecule has 0 saturated carbocycles. The zero-order chi connectivity index (χ0) is 31.6. The molecule has 1 unspecified atom stereocenters. The minimum atomic E-state index is -4.44. The Morgan fingerprint density at radius 3 is 2.47 bits per heavy atom. The number of esters is 1. The van der Waals surface area contributed by atoms with Gasteiger partial charge in [-0.3, -0.25) is 9.32 Å². The van der Waals surface area contributed by atoms with Crippen molar-refractivity contribution in [1.29, 1.82) is 5.26 Å². The summed E-state index contributed by atoms with van der Waals surface area (Å²) < 4.78 is 37.6. The van der Waals surface area contributed by atoms with Crippen LogP contribution >= 0.6 is 7.75 Å². The molecule has 0 radical (unpaired) electrons. The molecule has 234 valence electrons. The molecule has 1 aromatic carbocycles. The number of nitrogen functional groups attached to an aromatic ring is 1. The van der Waals surface area contributed by atoms with E-state index in [1.807, 2.05) is 19.9 Å². The molecule has 0 aliphatic carbocycles. The van der Waals surface area contributed by atoms with E-state index in [0.717, 1.165) is 20.0 Å². The van der Waals surface area contributed by atoms with E-state index in [4.69, 9.17) is 24.3 Å². The van der Waals surface area contributed by atoms with Gasteiger partial charge in [-0.2, -0.15) is 15.4 Å². The van der Waals surface area contributed by atoms with Crippen LogP contribution in [-0.2, 0) is 23.4 Å². The molecule has 2 aromatic heterocycles. The number of anilines is 1. The highest BCUT2D eigenvalue weighted by Crippen LogP contribution is 2.46. The van der Waals surface area contributed by atoms with Crippen molar-refractivity contribution in [3.05, 3.63) is 54.5 Å². The summed E-state index contributed by atoms with van der Waals surface area (Å²) >= 11 is 0. The van der Waals surface area contributed by atoms with Crippen LogP contribution in [0.1, 0.15) is 51.8 Å². The van der Waals surface area contributed by atoms with Crippen molar-refractivity contribution < 1.29 is 38.1 Å². The van der Waals surface area contributed by atoms with Crippen LogP contribution in [0, 0.1) is 17.2 Å². The third-order valence-corrected chi connectivity index (χ3v) is 8.73. The summed E-state index contributed by atoms with van der Waals surface area (Å²) in [6, 6.07) is 11.8. The lowest BCUT2D eigenvalue weighted by atomic mass is 9.93. The first-order chi connectivity index (χ1) is 20.6. The fourth-order valence-corrected chi connectivity index (χ4v) is 5.85. The van der Waals surface area contributed by atoms with Crippen molar-refractivity contribution in [2.45, 2.75) is 63.9 Å². The number of ether oxygens (including phenoxy) is 2. The van der Waals surface area contributed by atoms with E-state index >= 15 is 0 Å². The number of aliphatic hydroxyl groups excluding tert-OH is 2. The van der Waals surface area contributed by atoms with Crippen LogP contribution in [0.5, 0.6) is 5.75 Å². The summed E-state index contributed by atoms with van der Waals surface area (Å²) in [6.45, 7) is 5.05. The topological polar surface area (TPSA) is 204 Å². The Bertz CT molecular complexity index is 1430. The number of carbonyl (C=O) groups excluding carboxylic acids is 1. The fourth-order valence-electron chi connectivity index (χ4n) is 4.24. The minimum absolute atomic E-state index is 0.0846. The highest BCUT2D eigenvalue weighted by atomic mass is 31.2. The van der Waals surface area contributed by atoms with Gasteiger partial charge in [0.1, 0.15) is 48.5 Å². The predicted molar refractivity (Wildman–Crippen MR) is 157 cm³/mol. The van der Waals surface area contributed by atoms with Crippen molar-refractivity contribution in [3.63, 3.8) is 0 Å². The third kappa shape index (κ3) is 8.08. The first-order valence-corrected chi connectivity index (χ1v) is 15.4. The SMILES string of the molecule is CCC(CC)COC(=O)[C@H](CC)NP(=O)(OC[C@@](C#N)(OC)[C@@H](O)[C@@H](O)c1ccc2c(N)ncnn12)Oc1ccccc1. The number of methoxy groups -OCH3 is 1. The van der Waals surface area contributed by atoms with Gasteiger partial charge < -0.3 is 29.9 Å². The summed E-state index contributed by atoms with van der Waals surface area (Å²) in [5, 5.41) is 39.1. The monoisotopic (exact) mass is 618 g/mol. The summed E-state index contributed by atoms with van der Waals surface area (Å²) in [5.41, 5.74) is 4.06. The second-order valence-electron chi connectivity index (χ2n) is 9.87. The third-order valence-electron chi connectivity index (χ3n) is 7.18. The molecule has 0 fully saturated rings. The van der Waals surface area contributed by atoms with Gasteiger partial charge >= 0.3 is 13.7 Å². The normalized spacial score (nSPS) is 16.5. The molecule has 0 amide bonds. The Hall–Kier alpha value is -3.57. The van der Waals surface area contributed by atoms with Crippen molar-refractivity contribution in [2.75, 3.05) is 26.1 Å². The summed E-state index contributed by atoms with van der Waals surface area (Å²) in [6.07, 6.45) is -0.667. The van der Waals surface area contributed by atoms with Gasteiger partial charge in [0.25, 0.3) is 0 Å². The van der Waals surface area contributed by atoms with Gasteiger partial charge in [0.15, 0.2) is 5.82 Å². The molecule has 43 heavy (non-hydrogen) atoms. The van der Waals surface area contributed by atoms with E-state index in [1.165, 1.54) is 35.1 Å². The maximum atomic E-state index is 14.1. The number of nitrogens with one attached hydrogen (secondary N) is 1. The number of carbonyl (C=O) groups is 1. The number of para-hydroxylation sites is 1. The molecular formula is C28H39N6O8P. The maximum Gasteiger partial charge on any atom is 0.459 e. The van der Waals surface area contributed by atoms with Crippen LogP contribution in [0.4, 0.5) is 5.82 Å². The first-order valence-electron chi connectivity index (χ1n) is 13.9. The highest BCUT2D eigenvalue weighted by molar-refractivity contribution is 7.52. The van der Waals surface area contributed by atoms with Gasteiger partial charge in [-0.15, -0.1) is 0 Å². The molecule has 14 nitrogen and oxygen atoms in total. The number of nitrogens with two attached hydrogens (primary N) is 1. The lowest BCUT2D eigenvalue weighted by molar-refractivity contribution is -0.147. The Morgan fingerprint density at radius 1 is 1.16 bits per heavy atom. The van der Waals surface area contributed by atoms with Gasteiger partial charge in [-0.05, 0) is 36.6 Å². The average molecular weight is 619 g/mol. The molecule has 0 saturated heterocycles. The van der Waals surface area contributed by atoms with Crippen LogP contribution in [0.3, 0.4) is 0 Å². The molecule has 0 bridgehead atoms. The van der Waals surface area contributed by atoms with E-state index in [9.17, 15) is 24.8 Å². The summed E-state index contributed by atoms with van der Waals surface area (Å²) in [5.74, 6) is -0.184. The van der Waals surface area contributed by atoms with Crippen LogP contribution in [0.15, 0.2) is 48.8 Å². The van der Waals surface area contributed by atoms with Crippen molar-refractivity contribution in [1.82, 2.24) is 19.7 Å². The van der Waals surface area contributed by atoms with E-state index < -0.39 is 44.2 Å². The molecule has 0 aliphatic heterocycles. The highest BCUT2D eigenvalue weighted by Gasteiger charge is 2.47. The zero-order valence-corrected chi connectivity index (χ0v) is 25.5. The fraction of sp³-hybridized carbons (Fsp3) is 0.500. The molecule has 2 heterocycles. The van der Waals surface area contributed by atoms with E-state index in [0.29, 0.717) is 5.52 Å². The Kier molecular flexibility index (Phi) is 12.0. The van der Waals surface area contributed by atoms with E-state index in [1.54, 1.807) is 25.1 Å². The number of rotatable bonds is 17. The first kappa shape index (κ1) is 33.9. The molecule has 5 atom stereocenters. The second-order valence-corrected chi connectivity index (χ2v) is 11.6. The van der Waals surface area contributed by atoms with Gasteiger partial charge in [0, 0.05) is 7.11 Å². The van der Waals surface area contributed by atoms with Gasteiger partial charge in [0.2, 0.25) is 5.60 Å².